The molecule has 5 heterocycles. The molecule has 4 fully saturated rings. The summed E-state index contributed by atoms with van der Waals surface area (Å²) in [5.41, 5.74) is 0.966. The number of fused-ring (bicyclic) bond motifs is 4. The van der Waals surface area contributed by atoms with Gasteiger partial charge >= 0.3 is 0 Å². The maximum absolute atomic E-state index is 16.3. The lowest BCUT2D eigenvalue weighted by Crippen LogP contribution is -2.60. The molecule has 1 saturated carbocycles. The van der Waals surface area contributed by atoms with Crippen molar-refractivity contribution in [2.24, 2.45) is 0 Å². The highest BCUT2D eigenvalue weighted by Crippen LogP contribution is 2.63. The predicted octanol–water partition coefficient (Wildman–Crippen LogP) is 5.37. The number of hydrogen-bond donors (Lipinski definition) is 5. The van der Waals surface area contributed by atoms with E-state index in [0.29, 0.717) is 85.3 Å². The van der Waals surface area contributed by atoms with Crippen molar-refractivity contribution in [1.29, 1.82) is 0 Å². The first-order valence-corrected chi connectivity index (χ1v) is 23.4. The van der Waals surface area contributed by atoms with Gasteiger partial charge in [0.2, 0.25) is 23.6 Å². The third kappa shape index (κ3) is 7.45. The van der Waals surface area contributed by atoms with Crippen LogP contribution < -0.4 is 31.5 Å². The molecule has 0 aromatic heterocycles. The van der Waals surface area contributed by atoms with E-state index in [4.69, 9.17) is 23.2 Å². The second kappa shape index (κ2) is 17.5. The fourth-order valence-corrected chi connectivity index (χ4v) is 11.9. The van der Waals surface area contributed by atoms with Gasteiger partial charge in [0.25, 0.3) is 17.7 Å². The molecule has 5 N–H and O–H groups in total. The lowest BCUT2D eigenvalue weighted by atomic mass is 9.55. The van der Waals surface area contributed by atoms with Gasteiger partial charge in [0.05, 0.1) is 27.9 Å². The van der Waals surface area contributed by atoms with Crippen LogP contribution in [0.25, 0.3) is 0 Å². The summed E-state index contributed by atoms with van der Waals surface area (Å²) in [6.45, 7) is 3.28. The van der Waals surface area contributed by atoms with Crippen LogP contribution in [0.1, 0.15) is 93.1 Å². The number of benzene rings is 4. The van der Waals surface area contributed by atoms with Crippen LogP contribution in [0.4, 0.5) is 21.5 Å². The number of piperidine rings is 1. The predicted molar refractivity (Wildman–Crippen MR) is 248 cm³/mol. The van der Waals surface area contributed by atoms with E-state index in [2.05, 4.69) is 31.5 Å². The van der Waals surface area contributed by atoms with Crippen molar-refractivity contribution in [3.63, 3.8) is 0 Å². The van der Waals surface area contributed by atoms with Gasteiger partial charge in [-0.25, -0.2) is 4.39 Å². The molecule has 4 atom stereocenters. The standard InChI is InChI=1S/C49H47Cl2FN8O7/c50-28-12-15-32-34(26-28)55-47(67)49(32)39(31-7-4-8-33(51)40(31)52)41(57-48(49)18-2-1-3-19-48)44(64)54-29-13-10-27(11-14-29)42(62)53-20-21-58-22-24-59(25-23-58)35-9-5-6-30-38(35)46(66)60(45(30)65)36-16-17-37(61)56-43(36)63/h4-15,26,36,39,41,57H,1-3,16-25H2,(H,53,62)(H,54,64)(H,55,67)(H,56,61,63)/t36?,39-,41+,49+/m0/s1. The molecule has 346 valence electrons. The van der Waals surface area contributed by atoms with E-state index in [-0.39, 0.29) is 46.4 Å². The summed E-state index contributed by atoms with van der Waals surface area (Å²) in [4.78, 5) is 99.0. The fraction of sp³-hybridized carbons (Fsp3) is 0.367. The highest BCUT2D eigenvalue weighted by Gasteiger charge is 2.72. The zero-order chi connectivity index (χ0) is 46.8. The van der Waals surface area contributed by atoms with Crippen molar-refractivity contribution >= 4 is 81.6 Å². The fourth-order valence-electron chi connectivity index (χ4n) is 11.5. The van der Waals surface area contributed by atoms with E-state index in [1.807, 2.05) is 4.90 Å². The second-order valence-corrected chi connectivity index (χ2v) is 19.0. The Balaban J connectivity index is 0.783. The van der Waals surface area contributed by atoms with Crippen LogP contribution in [0.5, 0.6) is 0 Å². The number of hydrogen-bond acceptors (Lipinski definition) is 10. The van der Waals surface area contributed by atoms with Crippen LogP contribution in [-0.2, 0) is 24.6 Å². The quantitative estimate of drug-likeness (QED) is 0.137. The van der Waals surface area contributed by atoms with Crippen molar-refractivity contribution in [1.82, 2.24) is 25.8 Å². The van der Waals surface area contributed by atoms with E-state index in [0.717, 1.165) is 24.2 Å². The molecule has 0 radical (unpaired) electrons. The first-order chi connectivity index (χ1) is 32.3. The molecule has 2 spiro atoms. The first kappa shape index (κ1) is 44.6. The molecule has 10 rings (SSSR count). The van der Waals surface area contributed by atoms with Gasteiger partial charge in [-0.2, -0.15) is 0 Å². The average molecular weight is 950 g/mol. The van der Waals surface area contributed by atoms with Gasteiger partial charge in [-0.05, 0) is 85.0 Å². The van der Waals surface area contributed by atoms with Crippen molar-refractivity contribution < 1.29 is 38.0 Å². The Morgan fingerprint density at radius 2 is 1.58 bits per heavy atom. The minimum absolute atomic E-state index is 0.0420. The second-order valence-electron chi connectivity index (χ2n) is 18.1. The highest BCUT2D eigenvalue weighted by molar-refractivity contribution is 6.31. The van der Waals surface area contributed by atoms with Crippen molar-refractivity contribution in [2.45, 2.75) is 73.9 Å². The van der Waals surface area contributed by atoms with Crippen LogP contribution in [0, 0.1) is 5.82 Å². The summed E-state index contributed by atoms with van der Waals surface area (Å²) in [7, 11) is 0. The van der Waals surface area contributed by atoms with Crippen LogP contribution >= 0.6 is 23.2 Å². The van der Waals surface area contributed by atoms with Gasteiger partial charge in [-0.1, -0.05) is 66.7 Å². The van der Waals surface area contributed by atoms with Gasteiger partial charge in [0, 0.05) is 79.1 Å². The number of halogens is 3. The molecule has 0 bridgehead atoms. The smallest absolute Gasteiger partial charge is 0.264 e. The molecule has 15 nitrogen and oxygen atoms in total. The molecule has 6 aliphatic rings. The number of carbonyl (C=O) groups excluding carboxylic acids is 7. The lowest BCUT2D eigenvalue weighted by Gasteiger charge is -2.47. The van der Waals surface area contributed by atoms with E-state index in [9.17, 15) is 33.6 Å². The number of amides is 7. The number of imide groups is 2. The molecule has 67 heavy (non-hydrogen) atoms. The van der Waals surface area contributed by atoms with E-state index >= 15 is 4.39 Å². The highest BCUT2D eigenvalue weighted by atomic mass is 35.5. The van der Waals surface area contributed by atoms with E-state index < -0.39 is 64.3 Å². The number of nitrogens with one attached hydrogen (secondary N) is 5. The number of anilines is 3. The summed E-state index contributed by atoms with van der Waals surface area (Å²) < 4.78 is 16.3. The summed E-state index contributed by atoms with van der Waals surface area (Å²) in [5, 5.41) is 15.2. The van der Waals surface area contributed by atoms with Crippen molar-refractivity contribution in [3.8, 4) is 0 Å². The van der Waals surface area contributed by atoms with E-state index in [1.165, 1.54) is 6.07 Å². The zero-order valence-corrected chi connectivity index (χ0v) is 37.8. The largest absolute Gasteiger partial charge is 0.368 e. The zero-order valence-electron chi connectivity index (χ0n) is 36.3. The third-order valence-corrected chi connectivity index (χ3v) is 15.1. The maximum Gasteiger partial charge on any atom is 0.264 e. The van der Waals surface area contributed by atoms with Crippen LogP contribution in [0.3, 0.4) is 0 Å². The van der Waals surface area contributed by atoms with Gasteiger partial charge in [0.15, 0.2) is 0 Å². The number of carbonyl (C=O) groups is 7. The van der Waals surface area contributed by atoms with Crippen LogP contribution in [0.15, 0.2) is 78.9 Å². The van der Waals surface area contributed by atoms with Crippen LogP contribution in [-0.4, -0.2) is 108 Å². The Labute approximate surface area is 395 Å². The van der Waals surface area contributed by atoms with Crippen molar-refractivity contribution in [3.05, 3.63) is 123 Å². The number of rotatable bonds is 9. The Morgan fingerprint density at radius 1 is 0.836 bits per heavy atom. The summed E-state index contributed by atoms with van der Waals surface area (Å²) >= 11 is 12.8. The molecule has 1 aliphatic carbocycles. The molecule has 7 amide bonds. The molecular weight excluding hydrogens is 902 g/mol. The minimum Gasteiger partial charge on any atom is -0.368 e. The Kier molecular flexibility index (Phi) is 11.6. The number of piperazine rings is 1. The summed E-state index contributed by atoms with van der Waals surface area (Å²) in [6.07, 6.45) is 3.87. The first-order valence-electron chi connectivity index (χ1n) is 22.7. The average Bonchev–Trinajstić information content (AvgIpc) is 3.88. The maximum atomic E-state index is 16.3. The third-order valence-electron chi connectivity index (χ3n) is 14.6. The Bertz CT molecular complexity index is 2760. The molecule has 5 aliphatic heterocycles. The normalized spacial score (nSPS) is 24.5. The minimum atomic E-state index is -1.37. The number of nitrogens with zero attached hydrogens (tertiary/aromatic N) is 3. The molecule has 3 saturated heterocycles. The van der Waals surface area contributed by atoms with Crippen LogP contribution in [0.2, 0.25) is 10.0 Å². The molecule has 18 heteroatoms. The van der Waals surface area contributed by atoms with Crippen molar-refractivity contribution in [2.75, 3.05) is 54.8 Å². The van der Waals surface area contributed by atoms with Gasteiger partial charge in [0.1, 0.15) is 17.3 Å². The lowest BCUT2D eigenvalue weighted by molar-refractivity contribution is -0.136. The topological polar surface area (TPSA) is 189 Å². The molecular formula is C49H47Cl2FN8O7. The van der Waals surface area contributed by atoms with Gasteiger partial charge in [-0.15, -0.1) is 0 Å². The molecule has 4 aromatic rings. The molecule has 4 aromatic carbocycles. The Hall–Kier alpha value is -6.20. The van der Waals surface area contributed by atoms with Gasteiger partial charge in [-0.3, -0.25) is 54.0 Å². The van der Waals surface area contributed by atoms with Gasteiger partial charge < -0.3 is 20.9 Å². The van der Waals surface area contributed by atoms with E-state index in [1.54, 1.807) is 72.8 Å². The Morgan fingerprint density at radius 3 is 2.33 bits per heavy atom. The SMILES string of the molecule is O=C1CCC(N2C(=O)c3cccc(N4CCN(CCNC(=O)c5ccc(NC(=O)[C@@H]6NC7(CCCCC7)[C@@]7(C(=O)Nc8cc(Cl)ccc87)[C@H]6c6cccc(Cl)c6F)cc5)CC4)c3C2=O)C(=O)N1. The summed E-state index contributed by atoms with van der Waals surface area (Å²) in [6, 6.07) is 19.3. The monoisotopic (exact) mass is 948 g/mol. The molecule has 1 unspecified atom stereocenters. The summed E-state index contributed by atoms with van der Waals surface area (Å²) in [5.74, 6) is -4.97.